The van der Waals surface area contributed by atoms with Crippen molar-refractivity contribution in [2.24, 2.45) is 0 Å². The van der Waals surface area contributed by atoms with Gasteiger partial charge in [-0.3, -0.25) is 10.1 Å². The molecule has 1 amide bonds. The molecule has 7 heteroatoms. The summed E-state index contributed by atoms with van der Waals surface area (Å²) in [7, 11) is 1.64. The van der Waals surface area contributed by atoms with Crippen LogP contribution in [0.15, 0.2) is 48.5 Å². The van der Waals surface area contributed by atoms with Gasteiger partial charge in [-0.2, -0.15) is 0 Å². The Hall–Kier alpha value is -2.90. The lowest BCUT2D eigenvalue weighted by Gasteiger charge is -2.12. The zero-order valence-electron chi connectivity index (χ0n) is 17.0. The molecule has 6 nitrogen and oxygen atoms in total. The molecular formula is C23H24N2O4S. The molecule has 0 bridgehead atoms. The minimum atomic E-state index is -0.215. The molecule has 0 spiro atoms. The number of amides is 1. The predicted molar refractivity (Wildman–Crippen MR) is 118 cm³/mol. The topological polar surface area (TPSA) is 69.7 Å². The van der Waals surface area contributed by atoms with Gasteiger partial charge in [0.1, 0.15) is 18.1 Å². The fraction of sp³-hybridized carbons (Fsp3) is 0.304. The number of ether oxygens (including phenoxy) is 3. The minimum Gasteiger partial charge on any atom is -0.497 e. The van der Waals surface area contributed by atoms with E-state index in [0.29, 0.717) is 23.1 Å². The van der Waals surface area contributed by atoms with Crippen LogP contribution in [0, 0.1) is 6.92 Å². The molecule has 156 valence electrons. The summed E-state index contributed by atoms with van der Waals surface area (Å²) in [4.78, 5) is 18.4. The van der Waals surface area contributed by atoms with Crippen LogP contribution in [0.5, 0.6) is 11.5 Å². The van der Waals surface area contributed by atoms with Crippen LogP contribution in [0.3, 0.4) is 0 Å². The van der Waals surface area contributed by atoms with Crippen LogP contribution in [0.1, 0.15) is 28.1 Å². The van der Waals surface area contributed by atoms with E-state index in [-0.39, 0.29) is 12.0 Å². The average Bonchev–Trinajstić information content (AvgIpc) is 3.42. The fourth-order valence-electron chi connectivity index (χ4n) is 3.33. The van der Waals surface area contributed by atoms with E-state index in [1.807, 2.05) is 43.3 Å². The Bertz CT molecular complexity index is 1010. The summed E-state index contributed by atoms with van der Waals surface area (Å²) in [5.41, 5.74) is 2.36. The third kappa shape index (κ3) is 4.80. The van der Waals surface area contributed by atoms with Crippen molar-refractivity contribution in [1.29, 1.82) is 0 Å². The van der Waals surface area contributed by atoms with Crippen LogP contribution in [-0.4, -0.2) is 37.3 Å². The molecule has 1 N–H and O–H groups in total. The quantitative estimate of drug-likeness (QED) is 0.582. The average molecular weight is 425 g/mol. The molecule has 2 aromatic carbocycles. The van der Waals surface area contributed by atoms with E-state index < -0.39 is 0 Å². The van der Waals surface area contributed by atoms with E-state index in [4.69, 9.17) is 14.2 Å². The second kappa shape index (κ2) is 9.28. The van der Waals surface area contributed by atoms with Crippen LogP contribution in [-0.2, 0) is 4.74 Å². The summed E-state index contributed by atoms with van der Waals surface area (Å²) >= 11 is 1.45. The second-order valence-corrected chi connectivity index (χ2v) is 8.28. The van der Waals surface area contributed by atoms with E-state index in [0.717, 1.165) is 41.3 Å². The number of benzene rings is 2. The number of aromatic nitrogens is 1. The Morgan fingerprint density at radius 2 is 2.07 bits per heavy atom. The van der Waals surface area contributed by atoms with Crippen LogP contribution >= 0.6 is 11.3 Å². The van der Waals surface area contributed by atoms with Gasteiger partial charge >= 0.3 is 0 Å². The van der Waals surface area contributed by atoms with Gasteiger partial charge in [-0.05, 0) is 62.2 Å². The molecule has 0 aliphatic carbocycles. The van der Waals surface area contributed by atoms with Crippen molar-refractivity contribution in [2.75, 3.05) is 25.6 Å². The first-order valence-corrected chi connectivity index (χ1v) is 10.7. The number of anilines is 1. The summed E-state index contributed by atoms with van der Waals surface area (Å²) in [6.45, 7) is 3.29. The molecule has 30 heavy (non-hydrogen) atoms. The third-order valence-corrected chi connectivity index (χ3v) is 5.82. The molecule has 1 saturated heterocycles. The summed E-state index contributed by atoms with van der Waals surface area (Å²) in [6, 6.07) is 14.9. The van der Waals surface area contributed by atoms with Crippen molar-refractivity contribution in [1.82, 2.24) is 4.98 Å². The van der Waals surface area contributed by atoms with Crippen molar-refractivity contribution in [3.05, 3.63) is 59.0 Å². The largest absolute Gasteiger partial charge is 0.497 e. The molecule has 4 rings (SSSR count). The second-order valence-electron chi connectivity index (χ2n) is 7.08. The first kappa shape index (κ1) is 20.4. The Kier molecular flexibility index (Phi) is 6.30. The molecule has 1 aliphatic rings. The number of nitrogens with one attached hydrogen (secondary N) is 1. The van der Waals surface area contributed by atoms with E-state index in [1.54, 1.807) is 19.2 Å². The van der Waals surface area contributed by atoms with Crippen molar-refractivity contribution >= 4 is 22.4 Å². The molecule has 3 aromatic rings. The van der Waals surface area contributed by atoms with Gasteiger partial charge in [0, 0.05) is 22.6 Å². The standard InChI is InChI=1S/C23H24N2O4S/c1-15-21(16-8-10-18(27-2)11-9-16)24-23(30-15)25-22(26)17-5-3-6-19(13-17)29-14-20-7-4-12-28-20/h3,5-6,8-11,13,20H,4,7,12,14H2,1-2H3,(H,24,25,26). The van der Waals surface area contributed by atoms with Crippen molar-refractivity contribution < 1.29 is 19.0 Å². The number of thiazole rings is 1. The minimum absolute atomic E-state index is 0.136. The first-order valence-electron chi connectivity index (χ1n) is 9.90. The van der Waals surface area contributed by atoms with E-state index in [1.165, 1.54) is 11.3 Å². The van der Waals surface area contributed by atoms with Gasteiger partial charge in [0.2, 0.25) is 0 Å². The number of carbonyl (C=O) groups excluding carboxylic acids is 1. The summed E-state index contributed by atoms with van der Waals surface area (Å²) in [5, 5.41) is 3.46. The van der Waals surface area contributed by atoms with Crippen LogP contribution in [0.2, 0.25) is 0 Å². The smallest absolute Gasteiger partial charge is 0.257 e. The summed E-state index contributed by atoms with van der Waals surface area (Å²) < 4.78 is 16.6. The number of nitrogens with zero attached hydrogens (tertiary/aromatic N) is 1. The summed E-state index contributed by atoms with van der Waals surface area (Å²) in [6.07, 6.45) is 2.22. The van der Waals surface area contributed by atoms with Crippen LogP contribution in [0.4, 0.5) is 5.13 Å². The van der Waals surface area contributed by atoms with Crippen LogP contribution in [0.25, 0.3) is 11.3 Å². The molecular weight excluding hydrogens is 400 g/mol. The molecule has 1 atom stereocenters. The van der Waals surface area contributed by atoms with E-state index in [2.05, 4.69) is 10.3 Å². The molecule has 1 aliphatic heterocycles. The van der Waals surface area contributed by atoms with E-state index >= 15 is 0 Å². The number of hydrogen-bond acceptors (Lipinski definition) is 6. The van der Waals surface area contributed by atoms with Crippen molar-refractivity contribution in [3.63, 3.8) is 0 Å². The highest BCUT2D eigenvalue weighted by Crippen LogP contribution is 2.31. The maximum absolute atomic E-state index is 12.7. The molecule has 1 unspecified atom stereocenters. The Balaban J connectivity index is 1.42. The Labute approximate surface area is 179 Å². The van der Waals surface area contributed by atoms with Crippen molar-refractivity contribution in [2.45, 2.75) is 25.9 Å². The first-order chi connectivity index (χ1) is 14.6. The van der Waals surface area contributed by atoms with Gasteiger partial charge in [0.15, 0.2) is 5.13 Å². The highest BCUT2D eigenvalue weighted by molar-refractivity contribution is 7.16. The molecule has 0 radical (unpaired) electrons. The third-order valence-electron chi connectivity index (χ3n) is 4.94. The molecule has 1 aromatic heterocycles. The Morgan fingerprint density at radius 1 is 1.23 bits per heavy atom. The van der Waals surface area contributed by atoms with Gasteiger partial charge in [0.25, 0.3) is 5.91 Å². The lowest BCUT2D eigenvalue weighted by Crippen LogP contribution is -2.16. The predicted octanol–water partition coefficient (Wildman–Crippen LogP) is 4.94. The highest BCUT2D eigenvalue weighted by atomic mass is 32.1. The fourth-order valence-corrected chi connectivity index (χ4v) is 4.16. The van der Waals surface area contributed by atoms with E-state index in [9.17, 15) is 4.79 Å². The molecule has 2 heterocycles. The monoisotopic (exact) mass is 424 g/mol. The van der Waals surface area contributed by atoms with Gasteiger partial charge in [-0.15, -0.1) is 11.3 Å². The zero-order valence-corrected chi connectivity index (χ0v) is 17.8. The zero-order chi connectivity index (χ0) is 20.9. The van der Waals surface area contributed by atoms with Gasteiger partial charge in [-0.25, -0.2) is 4.98 Å². The lowest BCUT2D eigenvalue weighted by atomic mass is 10.1. The molecule has 1 fully saturated rings. The SMILES string of the molecule is COc1ccc(-c2nc(NC(=O)c3cccc(OCC4CCCO4)c3)sc2C)cc1. The normalized spacial score (nSPS) is 15.7. The van der Waals surface area contributed by atoms with Gasteiger partial charge in [0.05, 0.1) is 18.9 Å². The number of carbonyl (C=O) groups is 1. The maximum Gasteiger partial charge on any atom is 0.257 e. The molecule has 0 saturated carbocycles. The number of rotatable bonds is 7. The number of hydrogen-bond donors (Lipinski definition) is 1. The number of methoxy groups -OCH3 is 1. The van der Waals surface area contributed by atoms with Crippen LogP contribution < -0.4 is 14.8 Å². The highest BCUT2D eigenvalue weighted by Gasteiger charge is 2.17. The van der Waals surface area contributed by atoms with Gasteiger partial charge in [-0.1, -0.05) is 6.07 Å². The maximum atomic E-state index is 12.7. The van der Waals surface area contributed by atoms with Crippen molar-refractivity contribution in [3.8, 4) is 22.8 Å². The number of aryl methyl sites for hydroxylation is 1. The summed E-state index contributed by atoms with van der Waals surface area (Å²) in [5.74, 6) is 1.24. The van der Waals surface area contributed by atoms with Gasteiger partial charge < -0.3 is 14.2 Å². The Morgan fingerprint density at radius 3 is 2.80 bits per heavy atom. The lowest BCUT2D eigenvalue weighted by molar-refractivity contribution is 0.0679.